The van der Waals surface area contributed by atoms with Gasteiger partial charge in [0.2, 0.25) is 5.91 Å². The Morgan fingerprint density at radius 3 is 2.68 bits per heavy atom. The van der Waals surface area contributed by atoms with Crippen molar-refractivity contribution in [2.45, 2.75) is 20.8 Å². The van der Waals surface area contributed by atoms with E-state index in [1.54, 1.807) is 17.5 Å². The molecule has 1 N–H and O–H groups in total. The number of imidazole rings is 1. The van der Waals surface area contributed by atoms with E-state index in [2.05, 4.69) is 4.98 Å². The van der Waals surface area contributed by atoms with Crippen LogP contribution in [0, 0.1) is 13.8 Å². The van der Waals surface area contributed by atoms with Crippen molar-refractivity contribution in [3.8, 4) is 0 Å². The lowest BCUT2D eigenvalue weighted by Crippen LogP contribution is -2.35. The van der Waals surface area contributed by atoms with Gasteiger partial charge in [-0.1, -0.05) is 0 Å². The van der Waals surface area contributed by atoms with E-state index in [0.717, 1.165) is 5.56 Å². The predicted molar refractivity (Wildman–Crippen MR) is 70.3 cm³/mol. The fourth-order valence-corrected chi connectivity index (χ4v) is 2.05. The van der Waals surface area contributed by atoms with E-state index < -0.39 is 5.97 Å². The second-order valence-electron chi connectivity index (χ2n) is 4.45. The van der Waals surface area contributed by atoms with Crippen molar-refractivity contribution in [2.75, 3.05) is 11.4 Å². The number of carboxylic acid groups (broad SMARTS) is 1. The number of hydrogen-bond donors (Lipinski definition) is 1. The minimum Gasteiger partial charge on any atom is -0.480 e. The molecule has 2 aromatic heterocycles. The summed E-state index contributed by atoms with van der Waals surface area (Å²) in [5.41, 5.74) is 2.38. The Morgan fingerprint density at radius 1 is 1.42 bits per heavy atom. The molecule has 0 fully saturated rings. The number of aromatic nitrogens is 2. The average Bonchev–Trinajstić information content (AvgIpc) is 2.60. The number of anilines is 1. The first-order chi connectivity index (χ1) is 8.90. The Bertz CT molecular complexity index is 660. The van der Waals surface area contributed by atoms with Crippen LogP contribution in [0.1, 0.15) is 18.2 Å². The van der Waals surface area contributed by atoms with Crippen molar-refractivity contribution in [2.24, 2.45) is 0 Å². The third-order valence-corrected chi connectivity index (χ3v) is 2.85. The van der Waals surface area contributed by atoms with Crippen molar-refractivity contribution in [3.05, 3.63) is 29.6 Å². The van der Waals surface area contributed by atoms with Gasteiger partial charge in [-0.25, -0.2) is 4.98 Å². The monoisotopic (exact) mass is 261 g/mol. The fourth-order valence-electron chi connectivity index (χ4n) is 2.05. The molecule has 0 unspecified atom stereocenters. The topological polar surface area (TPSA) is 74.9 Å². The van der Waals surface area contributed by atoms with Gasteiger partial charge in [0.05, 0.1) is 5.69 Å². The maximum Gasteiger partial charge on any atom is 0.323 e. The third-order valence-electron chi connectivity index (χ3n) is 2.85. The van der Waals surface area contributed by atoms with Crippen LogP contribution in [0.15, 0.2) is 18.3 Å². The molecule has 0 saturated heterocycles. The minimum absolute atomic E-state index is 0.326. The Hall–Kier alpha value is -2.37. The van der Waals surface area contributed by atoms with Crippen LogP contribution < -0.4 is 4.90 Å². The molecule has 0 bridgehead atoms. The van der Waals surface area contributed by atoms with Crippen molar-refractivity contribution in [1.82, 2.24) is 9.38 Å². The maximum absolute atomic E-state index is 11.7. The van der Waals surface area contributed by atoms with Crippen LogP contribution in [0.4, 0.5) is 5.82 Å². The van der Waals surface area contributed by atoms with E-state index >= 15 is 0 Å². The lowest BCUT2D eigenvalue weighted by molar-refractivity contribution is -0.136. The zero-order valence-electron chi connectivity index (χ0n) is 11.0. The number of carbonyl (C=O) groups excluding carboxylic acids is 1. The number of amides is 1. The van der Waals surface area contributed by atoms with Gasteiger partial charge in [-0.05, 0) is 31.5 Å². The number of pyridine rings is 1. The molecule has 6 heteroatoms. The molecule has 2 aromatic rings. The number of nitrogens with zero attached hydrogens (tertiary/aromatic N) is 3. The highest BCUT2D eigenvalue weighted by Crippen LogP contribution is 2.22. The van der Waals surface area contributed by atoms with Gasteiger partial charge in [0.15, 0.2) is 0 Å². The Kier molecular flexibility index (Phi) is 3.25. The lowest BCUT2D eigenvalue weighted by Gasteiger charge is -2.19. The second-order valence-corrected chi connectivity index (χ2v) is 4.45. The summed E-state index contributed by atoms with van der Waals surface area (Å²) in [5.74, 6) is -0.880. The molecule has 0 atom stereocenters. The molecule has 0 aliphatic heterocycles. The molecular weight excluding hydrogens is 246 g/mol. The lowest BCUT2D eigenvalue weighted by atomic mass is 10.3. The van der Waals surface area contributed by atoms with Crippen molar-refractivity contribution in [3.63, 3.8) is 0 Å². The molecule has 0 saturated carbocycles. The summed E-state index contributed by atoms with van der Waals surface area (Å²) in [7, 11) is 0. The smallest absolute Gasteiger partial charge is 0.323 e. The highest BCUT2D eigenvalue weighted by Gasteiger charge is 2.21. The van der Waals surface area contributed by atoms with Crippen molar-refractivity contribution in [1.29, 1.82) is 0 Å². The number of aliphatic carboxylic acids is 1. The van der Waals surface area contributed by atoms with Gasteiger partial charge < -0.3 is 5.11 Å². The molecule has 0 aromatic carbocycles. The van der Waals surface area contributed by atoms with E-state index in [9.17, 15) is 9.59 Å². The number of rotatable bonds is 3. The summed E-state index contributed by atoms with van der Waals surface area (Å²) < 4.78 is 1.73. The first-order valence-corrected chi connectivity index (χ1v) is 5.85. The van der Waals surface area contributed by atoms with Gasteiger partial charge in [-0.15, -0.1) is 0 Å². The van der Waals surface area contributed by atoms with Crippen LogP contribution in [0.2, 0.25) is 0 Å². The fraction of sp³-hybridized carbons (Fsp3) is 0.308. The normalized spacial score (nSPS) is 10.7. The number of aryl methyl sites for hydroxylation is 2. The van der Waals surface area contributed by atoms with Gasteiger partial charge in [0, 0.05) is 13.1 Å². The number of hydrogen-bond acceptors (Lipinski definition) is 3. The summed E-state index contributed by atoms with van der Waals surface area (Å²) >= 11 is 0. The highest BCUT2D eigenvalue weighted by molar-refractivity contribution is 5.96. The molecule has 0 spiro atoms. The van der Waals surface area contributed by atoms with E-state index in [4.69, 9.17) is 5.11 Å². The van der Waals surface area contributed by atoms with Crippen LogP contribution in [-0.2, 0) is 9.59 Å². The Labute approximate surface area is 110 Å². The zero-order valence-corrected chi connectivity index (χ0v) is 11.0. The van der Waals surface area contributed by atoms with Gasteiger partial charge >= 0.3 is 5.97 Å². The quantitative estimate of drug-likeness (QED) is 0.906. The molecule has 1 amide bonds. The maximum atomic E-state index is 11.7. The van der Waals surface area contributed by atoms with Crippen LogP contribution in [-0.4, -0.2) is 32.9 Å². The number of fused-ring (bicyclic) bond motifs is 1. The Balaban J connectivity index is 2.62. The molecule has 6 nitrogen and oxygen atoms in total. The number of carboxylic acids is 1. The van der Waals surface area contributed by atoms with E-state index in [-0.39, 0.29) is 12.5 Å². The van der Waals surface area contributed by atoms with Crippen LogP contribution in [0.25, 0.3) is 5.65 Å². The molecule has 19 heavy (non-hydrogen) atoms. The van der Waals surface area contributed by atoms with E-state index in [1.165, 1.54) is 11.8 Å². The van der Waals surface area contributed by atoms with E-state index in [0.29, 0.717) is 17.2 Å². The molecule has 2 heterocycles. The summed E-state index contributed by atoms with van der Waals surface area (Å²) in [5, 5.41) is 8.92. The second kappa shape index (κ2) is 4.72. The van der Waals surface area contributed by atoms with Gasteiger partial charge in [-0.3, -0.25) is 18.9 Å². The van der Waals surface area contributed by atoms with Crippen molar-refractivity contribution < 1.29 is 14.7 Å². The first kappa shape index (κ1) is 13.1. The molecule has 0 radical (unpaired) electrons. The predicted octanol–water partition coefficient (Wildman–Crippen LogP) is 1.39. The molecular formula is C13H15N3O3. The van der Waals surface area contributed by atoms with Crippen LogP contribution in [0.5, 0.6) is 0 Å². The zero-order chi connectivity index (χ0) is 14.2. The summed E-state index contributed by atoms with van der Waals surface area (Å²) in [6.07, 6.45) is 1.79. The van der Waals surface area contributed by atoms with Crippen LogP contribution >= 0.6 is 0 Å². The SMILES string of the molecule is CC(=O)N(CC(=O)O)c1c(C)nc2cc(C)ccn12. The summed E-state index contributed by atoms with van der Waals surface area (Å²) in [6.45, 7) is 4.67. The third kappa shape index (κ3) is 2.42. The molecule has 0 aliphatic rings. The highest BCUT2D eigenvalue weighted by atomic mass is 16.4. The van der Waals surface area contributed by atoms with Gasteiger partial charge in [0.1, 0.15) is 18.0 Å². The summed E-state index contributed by atoms with van der Waals surface area (Å²) in [4.78, 5) is 28.1. The average molecular weight is 261 g/mol. The largest absolute Gasteiger partial charge is 0.480 e. The van der Waals surface area contributed by atoms with Crippen LogP contribution in [0.3, 0.4) is 0 Å². The molecule has 100 valence electrons. The first-order valence-electron chi connectivity index (χ1n) is 5.85. The minimum atomic E-state index is -1.06. The Morgan fingerprint density at radius 2 is 2.11 bits per heavy atom. The van der Waals surface area contributed by atoms with Crippen molar-refractivity contribution >= 4 is 23.3 Å². The molecule has 0 aliphatic carbocycles. The van der Waals surface area contributed by atoms with Gasteiger partial charge in [-0.2, -0.15) is 0 Å². The van der Waals surface area contributed by atoms with Gasteiger partial charge in [0.25, 0.3) is 0 Å². The van der Waals surface area contributed by atoms with E-state index in [1.807, 2.05) is 19.1 Å². The number of carbonyl (C=O) groups is 2. The standard InChI is InChI=1S/C13H15N3O3/c1-8-4-5-15-11(6-8)14-9(2)13(15)16(10(3)17)7-12(18)19/h4-6H,7H2,1-3H3,(H,18,19). The molecule has 2 rings (SSSR count). The summed E-state index contributed by atoms with van der Waals surface area (Å²) in [6, 6.07) is 3.77.